The third-order valence-electron chi connectivity index (χ3n) is 1.97. The number of hydrogen-bond donors (Lipinski definition) is 1. The number of carbonyl (C=O) groups is 1. The molecule has 0 amide bonds. The minimum atomic E-state index is 0.408. The van der Waals surface area contributed by atoms with Crippen LogP contribution in [0.1, 0.15) is 5.69 Å². The first kappa shape index (κ1) is 8.32. The zero-order valence-corrected chi connectivity index (χ0v) is 7.64. The molecular weight excluding hydrogens is 186 g/mol. The molecular formula is C10H8ClNO. The first-order valence-electron chi connectivity index (χ1n) is 4.01. The summed E-state index contributed by atoms with van der Waals surface area (Å²) in [6.45, 7) is 0. The van der Waals surface area contributed by atoms with E-state index >= 15 is 0 Å². The Morgan fingerprint density at radius 1 is 1.46 bits per heavy atom. The molecule has 2 aromatic rings. The first-order chi connectivity index (χ1) is 6.31. The lowest BCUT2D eigenvalue weighted by Crippen LogP contribution is -1.83. The molecule has 1 N–H and O–H groups in total. The predicted molar refractivity (Wildman–Crippen MR) is 53.1 cm³/mol. The Kier molecular flexibility index (Phi) is 2.07. The number of aldehydes is 1. The van der Waals surface area contributed by atoms with E-state index in [4.69, 9.17) is 11.6 Å². The van der Waals surface area contributed by atoms with Crippen molar-refractivity contribution in [3.05, 3.63) is 35.0 Å². The number of nitrogens with one attached hydrogen (secondary N) is 1. The van der Waals surface area contributed by atoms with Crippen molar-refractivity contribution >= 4 is 28.8 Å². The van der Waals surface area contributed by atoms with Crippen LogP contribution in [0.4, 0.5) is 0 Å². The van der Waals surface area contributed by atoms with Gasteiger partial charge in [0.25, 0.3) is 0 Å². The molecule has 2 nitrogen and oxygen atoms in total. The third-order valence-corrected chi connectivity index (χ3v) is 2.30. The highest BCUT2D eigenvalue weighted by Crippen LogP contribution is 2.23. The topological polar surface area (TPSA) is 32.9 Å². The monoisotopic (exact) mass is 193 g/mol. The SMILES string of the molecule is O=CCc1cc2c(Cl)cccc2[nH]1. The van der Waals surface area contributed by atoms with Crippen LogP contribution in [-0.2, 0) is 11.2 Å². The highest BCUT2D eigenvalue weighted by Gasteiger charge is 2.02. The van der Waals surface area contributed by atoms with E-state index in [1.807, 2.05) is 24.3 Å². The highest BCUT2D eigenvalue weighted by molar-refractivity contribution is 6.35. The van der Waals surface area contributed by atoms with Gasteiger partial charge in [0.1, 0.15) is 6.29 Å². The number of aromatic nitrogens is 1. The van der Waals surface area contributed by atoms with E-state index in [1.54, 1.807) is 0 Å². The molecule has 1 heterocycles. The van der Waals surface area contributed by atoms with Crippen LogP contribution in [0, 0.1) is 0 Å². The molecule has 66 valence electrons. The highest BCUT2D eigenvalue weighted by atomic mass is 35.5. The molecule has 1 aromatic heterocycles. The minimum Gasteiger partial charge on any atom is -0.358 e. The van der Waals surface area contributed by atoms with E-state index in [1.165, 1.54) is 0 Å². The molecule has 0 aliphatic carbocycles. The fourth-order valence-corrected chi connectivity index (χ4v) is 1.60. The Bertz CT molecular complexity index is 447. The van der Waals surface area contributed by atoms with Crippen LogP contribution in [0.5, 0.6) is 0 Å². The average molecular weight is 194 g/mol. The van der Waals surface area contributed by atoms with Gasteiger partial charge < -0.3 is 9.78 Å². The van der Waals surface area contributed by atoms with E-state index in [0.717, 1.165) is 22.9 Å². The Morgan fingerprint density at radius 2 is 2.31 bits per heavy atom. The number of fused-ring (bicyclic) bond motifs is 1. The minimum absolute atomic E-state index is 0.408. The smallest absolute Gasteiger partial charge is 0.125 e. The number of rotatable bonds is 2. The largest absolute Gasteiger partial charge is 0.358 e. The van der Waals surface area contributed by atoms with Crippen LogP contribution in [0.2, 0.25) is 5.02 Å². The molecule has 1 aromatic carbocycles. The van der Waals surface area contributed by atoms with Gasteiger partial charge in [0.05, 0.1) is 0 Å². The van der Waals surface area contributed by atoms with E-state index in [-0.39, 0.29) is 0 Å². The van der Waals surface area contributed by atoms with Crippen molar-refractivity contribution in [2.24, 2.45) is 0 Å². The van der Waals surface area contributed by atoms with Crippen LogP contribution in [0.15, 0.2) is 24.3 Å². The summed E-state index contributed by atoms with van der Waals surface area (Å²) in [6, 6.07) is 7.57. The molecule has 0 bridgehead atoms. The fourth-order valence-electron chi connectivity index (χ4n) is 1.38. The van der Waals surface area contributed by atoms with Crippen LogP contribution < -0.4 is 0 Å². The lowest BCUT2D eigenvalue weighted by Gasteiger charge is -1.89. The lowest BCUT2D eigenvalue weighted by molar-refractivity contribution is -0.107. The maximum atomic E-state index is 10.3. The van der Waals surface area contributed by atoms with Crippen molar-refractivity contribution in [2.45, 2.75) is 6.42 Å². The maximum absolute atomic E-state index is 10.3. The standard InChI is InChI=1S/C10H8ClNO/c11-9-2-1-3-10-8(9)6-7(12-10)4-5-13/h1-3,5-6,12H,4H2. The van der Waals surface area contributed by atoms with E-state index in [9.17, 15) is 4.79 Å². The number of hydrogen-bond acceptors (Lipinski definition) is 1. The summed E-state index contributed by atoms with van der Waals surface area (Å²) in [4.78, 5) is 13.4. The number of H-pyrrole nitrogens is 1. The molecule has 0 spiro atoms. The van der Waals surface area contributed by atoms with E-state index in [2.05, 4.69) is 4.98 Å². The number of benzene rings is 1. The molecule has 3 heteroatoms. The van der Waals surface area contributed by atoms with Gasteiger partial charge in [0.2, 0.25) is 0 Å². The van der Waals surface area contributed by atoms with Gasteiger partial charge in [-0.15, -0.1) is 0 Å². The van der Waals surface area contributed by atoms with Gasteiger partial charge >= 0.3 is 0 Å². The molecule has 0 saturated heterocycles. The molecule has 0 radical (unpaired) electrons. The Labute approximate surface area is 80.5 Å². The van der Waals surface area contributed by atoms with Gasteiger partial charge in [0.15, 0.2) is 0 Å². The van der Waals surface area contributed by atoms with E-state index in [0.29, 0.717) is 11.4 Å². The van der Waals surface area contributed by atoms with Crippen LogP contribution in [-0.4, -0.2) is 11.3 Å². The molecule has 0 saturated carbocycles. The van der Waals surface area contributed by atoms with E-state index < -0.39 is 0 Å². The second-order valence-corrected chi connectivity index (χ2v) is 3.27. The zero-order chi connectivity index (χ0) is 9.26. The molecule has 0 atom stereocenters. The molecule has 2 rings (SSSR count). The summed E-state index contributed by atoms with van der Waals surface area (Å²) in [6.07, 6.45) is 1.28. The van der Waals surface area contributed by atoms with Gasteiger partial charge in [-0.25, -0.2) is 0 Å². The second kappa shape index (κ2) is 3.23. The molecule has 0 unspecified atom stereocenters. The molecule has 0 fully saturated rings. The van der Waals surface area contributed by atoms with Gasteiger partial charge in [-0.1, -0.05) is 17.7 Å². The Hall–Kier alpha value is -1.28. The summed E-state index contributed by atoms with van der Waals surface area (Å²) >= 11 is 5.96. The summed E-state index contributed by atoms with van der Waals surface area (Å²) in [5.74, 6) is 0. The normalized spacial score (nSPS) is 10.5. The summed E-state index contributed by atoms with van der Waals surface area (Å²) < 4.78 is 0. The Morgan fingerprint density at radius 3 is 3.00 bits per heavy atom. The summed E-state index contributed by atoms with van der Waals surface area (Å²) in [7, 11) is 0. The van der Waals surface area contributed by atoms with Crippen molar-refractivity contribution in [2.75, 3.05) is 0 Å². The summed E-state index contributed by atoms with van der Waals surface area (Å²) in [5.41, 5.74) is 1.88. The van der Waals surface area contributed by atoms with Crippen molar-refractivity contribution < 1.29 is 4.79 Å². The number of carbonyl (C=O) groups excluding carboxylic acids is 1. The summed E-state index contributed by atoms with van der Waals surface area (Å²) in [5, 5.41) is 1.69. The average Bonchev–Trinajstić information content (AvgIpc) is 2.49. The molecule has 0 aliphatic rings. The van der Waals surface area contributed by atoms with Crippen LogP contribution >= 0.6 is 11.6 Å². The molecule has 0 aliphatic heterocycles. The zero-order valence-electron chi connectivity index (χ0n) is 6.88. The van der Waals surface area contributed by atoms with Gasteiger partial charge in [-0.3, -0.25) is 0 Å². The molecule has 13 heavy (non-hydrogen) atoms. The van der Waals surface area contributed by atoms with Crippen LogP contribution in [0.25, 0.3) is 10.9 Å². The second-order valence-electron chi connectivity index (χ2n) is 2.87. The van der Waals surface area contributed by atoms with Crippen molar-refractivity contribution in [1.82, 2.24) is 4.98 Å². The van der Waals surface area contributed by atoms with Crippen LogP contribution in [0.3, 0.4) is 0 Å². The number of halogens is 1. The first-order valence-corrected chi connectivity index (χ1v) is 4.39. The van der Waals surface area contributed by atoms with Gasteiger partial charge in [-0.05, 0) is 18.2 Å². The van der Waals surface area contributed by atoms with Gasteiger partial charge in [0, 0.05) is 28.0 Å². The third kappa shape index (κ3) is 1.45. The maximum Gasteiger partial charge on any atom is 0.125 e. The van der Waals surface area contributed by atoms with Crippen molar-refractivity contribution in [3.63, 3.8) is 0 Å². The van der Waals surface area contributed by atoms with Crippen molar-refractivity contribution in [3.8, 4) is 0 Å². The Balaban J connectivity index is 2.61. The number of aromatic amines is 1. The lowest BCUT2D eigenvalue weighted by atomic mass is 10.2. The predicted octanol–water partition coefficient (Wildman–Crippen LogP) is 2.56. The van der Waals surface area contributed by atoms with Crippen molar-refractivity contribution in [1.29, 1.82) is 0 Å². The van der Waals surface area contributed by atoms with Gasteiger partial charge in [-0.2, -0.15) is 0 Å². The quantitative estimate of drug-likeness (QED) is 0.731. The fraction of sp³-hybridized carbons (Fsp3) is 0.100.